The van der Waals surface area contributed by atoms with Gasteiger partial charge in [-0.3, -0.25) is 4.79 Å². The summed E-state index contributed by atoms with van der Waals surface area (Å²) in [5, 5.41) is -6.83. The molecule has 0 spiro atoms. The number of benzene rings is 3. The second-order valence-electron chi connectivity index (χ2n) is 17.4. The van der Waals surface area contributed by atoms with E-state index in [0.717, 1.165) is 49.3 Å². The molecule has 0 atom stereocenters. The smallest absolute Gasteiger partial charge is 0.462 e. The minimum Gasteiger partial charge on any atom is -0.748 e. The Balaban J connectivity index is 0.000000281. The van der Waals surface area contributed by atoms with E-state index < -0.39 is 160 Å². The first-order chi connectivity index (χ1) is 35.9. The van der Waals surface area contributed by atoms with Gasteiger partial charge in [0, 0.05) is 0 Å². The molecule has 0 aliphatic heterocycles. The summed E-state index contributed by atoms with van der Waals surface area (Å²) >= 11 is 0. The van der Waals surface area contributed by atoms with Crippen LogP contribution in [0.15, 0.2) is 42.5 Å². The van der Waals surface area contributed by atoms with Crippen molar-refractivity contribution in [2.75, 3.05) is 37.9 Å². The first-order valence-electron chi connectivity index (χ1n) is 21.4. The van der Waals surface area contributed by atoms with E-state index in [4.69, 9.17) is 4.74 Å². The Morgan fingerprint density at radius 2 is 1.04 bits per heavy atom. The van der Waals surface area contributed by atoms with E-state index in [2.05, 4.69) is 14.2 Å². The third kappa shape index (κ3) is 19.5. The maximum absolute atomic E-state index is 13.2. The molecule has 0 aromatic heterocycles. The summed E-state index contributed by atoms with van der Waals surface area (Å²) in [6.07, 6.45) is -13.9. The van der Waals surface area contributed by atoms with E-state index in [-0.39, 0.29) is 6.61 Å². The Bertz CT molecular complexity index is 3060. The van der Waals surface area contributed by atoms with Gasteiger partial charge >= 0.3 is 40.8 Å². The molecule has 4 fully saturated rings. The zero-order valence-corrected chi connectivity index (χ0v) is 42.5. The Labute approximate surface area is 439 Å². The van der Waals surface area contributed by atoms with Gasteiger partial charge < -0.3 is 37.2 Å². The van der Waals surface area contributed by atoms with Crippen LogP contribution in [0.4, 0.5) is 79.0 Å². The van der Waals surface area contributed by atoms with Crippen molar-refractivity contribution in [3.8, 4) is 5.75 Å². The maximum Gasteiger partial charge on any atom is 0.462 e. The number of halogens is 18. The molecule has 0 amide bonds. The molecule has 80 heavy (non-hydrogen) atoms. The van der Waals surface area contributed by atoms with Crippen LogP contribution < -0.4 is 4.74 Å². The molecular formula is C40H36F18O18S4-4. The Kier molecular flexibility index (Phi) is 22.2. The fraction of sp³-hybridized carbons (Fsp3) is 0.575. The van der Waals surface area contributed by atoms with Gasteiger partial charge in [-0.1, -0.05) is 36.4 Å². The summed E-state index contributed by atoms with van der Waals surface area (Å²) < 4.78 is 367. The van der Waals surface area contributed by atoms with Gasteiger partial charge in [0.05, 0.1) is 12.2 Å². The van der Waals surface area contributed by atoms with Gasteiger partial charge in [-0.25, -0.2) is 51.6 Å². The van der Waals surface area contributed by atoms with E-state index in [1.165, 1.54) is 0 Å². The number of esters is 1. The largest absolute Gasteiger partial charge is 0.748 e. The van der Waals surface area contributed by atoms with Gasteiger partial charge in [-0.2, -0.15) is 65.9 Å². The van der Waals surface area contributed by atoms with Crippen molar-refractivity contribution >= 4 is 57.2 Å². The molecular weight excluding hydrogens is 1240 g/mol. The summed E-state index contributed by atoms with van der Waals surface area (Å²) in [5.74, 6) is -24.3. The van der Waals surface area contributed by atoms with E-state index in [1.54, 1.807) is 18.2 Å². The molecule has 4 bridgehead atoms. The third-order valence-corrected chi connectivity index (χ3v) is 14.0. The molecule has 0 heterocycles. The molecule has 4 saturated carbocycles. The molecule has 0 unspecified atom stereocenters. The van der Waals surface area contributed by atoms with Crippen LogP contribution in [-0.4, -0.2) is 136 Å². The SMILES string of the molecule is O=C(CS(=O)(=O)[O-])OCCOc1c(F)c(F)c(F)c(F)c1F.O=S(=O)([O-])C(F)(F)COC12CC3CC(CC(C3)C1)C2.O=S(=O)([O-])C(F)(F)COCc1ccc2ccccc2c1.O=S(=O)([O-])CC(F)(F)OC(F)(F)C(F)(F)C(F)(F)F. The van der Waals surface area contributed by atoms with E-state index in [0.29, 0.717) is 23.3 Å². The Hall–Kier alpha value is -4.55. The van der Waals surface area contributed by atoms with Gasteiger partial charge in [-0.15, -0.1) is 0 Å². The van der Waals surface area contributed by atoms with Crippen molar-refractivity contribution in [2.45, 2.75) is 85.6 Å². The van der Waals surface area contributed by atoms with Gasteiger partial charge in [0.15, 0.2) is 26.0 Å². The number of hydrogen-bond acceptors (Lipinski definition) is 18. The number of rotatable bonds is 20. The summed E-state index contributed by atoms with van der Waals surface area (Å²) in [5.41, 5.74) is 0.00544. The highest BCUT2D eigenvalue weighted by Gasteiger charge is 2.76. The minimum absolute atomic E-state index is 0.198. The molecule has 3 aromatic carbocycles. The average molecular weight is 1270 g/mol. The lowest BCUT2D eigenvalue weighted by Gasteiger charge is -2.56. The van der Waals surface area contributed by atoms with Crippen molar-refractivity contribution in [3.63, 3.8) is 0 Å². The number of hydrogen-bond donors (Lipinski definition) is 0. The summed E-state index contributed by atoms with van der Waals surface area (Å²) in [4.78, 5) is 10.8. The third-order valence-electron chi connectivity index (χ3n) is 11.0. The van der Waals surface area contributed by atoms with Crippen LogP contribution in [0.3, 0.4) is 0 Å². The Morgan fingerprint density at radius 1 is 0.588 bits per heavy atom. The quantitative estimate of drug-likeness (QED) is 0.0266. The lowest BCUT2D eigenvalue weighted by Crippen LogP contribution is -2.56. The second kappa shape index (κ2) is 25.5. The fourth-order valence-electron chi connectivity index (χ4n) is 8.05. The van der Waals surface area contributed by atoms with Crippen molar-refractivity contribution in [3.05, 3.63) is 77.1 Å². The van der Waals surface area contributed by atoms with Gasteiger partial charge in [0.2, 0.25) is 29.1 Å². The predicted molar refractivity (Wildman–Crippen MR) is 224 cm³/mol. The summed E-state index contributed by atoms with van der Waals surface area (Å²) in [6.45, 7) is -4.58. The van der Waals surface area contributed by atoms with Crippen molar-refractivity contribution in [1.29, 1.82) is 0 Å². The Morgan fingerprint density at radius 3 is 1.48 bits per heavy atom. The zero-order chi connectivity index (χ0) is 61.7. The monoisotopic (exact) mass is 1270 g/mol. The molecule has 458 valence electrons. The summed E-state index contributed by atoms with van der Waals surface area (Å²) in [6, 6.07) is 12.7. The molecule has 0 N–H and O–H groups in total. The minimum atomic E-state index is -7.02. The van der Waals surface area contributed by atoms with Crippen LogP contribution in [-0.2, 0) is 70.8 Å². The number of alkyl halides is 13. The number of carbonyl (C=O) groups is 1. The molecule has 18 nitrogen and oxygen atoms in total. The van der Waals surface area contributed by atoms with Crippen LogP contribution in [0.1, 0.15) is 44.1 Å². The van der Waals surface area contributed by atoms with Gasteiger partial charge in [-0.05, 0) is 78.7 Å². The fourth-order valence-corrected chi connectivity index (χ4v) is 9.33. The lowest BCUT2D eigenvalue weighted by atomic mass is 9.54. The first kappa shape index (κ1) is 69.7. The lowest BCUT2D eigenvalue weighted by molar-refractivity contribution is -0.468. The van der Waals surface area contributed by atoms with Crippen LogP contribution >= 0.6 is 0 Å². The molecule has 3 aromatic rings. The van der Waals surface area contributed by atoms with Gasteiger partial charge in [0.1, 0.15) is 58.2 Å². The highest BCUT2D eigenvalue weighted by Crippen LogP contribution is 2.57. The molecule has 4 aliphatic rings. The van der Waals surface area contributed by atoms with Crippen LogP contribution in [0.2, 0.25) is 0 Å². The number of carbonyl (C=O) groups excluding carboxylic acids is 1. The van der Waals surface area contributed by atoms with Crippen molar-refractivity contribution < 1.29 is 159 Å². The van der Waals surface area contributed by atoms with Crippen LogP contribution in [0.5, 0.6) is 5.75 Å². The van der Waals surface area contributed by atoms with Crippen LogP contribution in [0.25, 0.3) is 10.8 Å². The number of fused-ring (bicyclic) bond motifs is 1. The topological polar surface area (TPSA) is 292 Å². The average Bonchev–Trinajstić information content (AvgIpc) is 3.26. The molecule has 0 radical (unpaired) electrons. The number of ether oxygens (including phenoxy) is 5. The molecule has 4 aliphatic carbocycles. The molecule has 40 heteroatoms. The predicted octanol–water partition coefficient (Wildman–Crippen LogP) is 7.38. The highest BCUT2D eigenvalue weighted by molar-refractivity contribution is 7.87. The maximum atomic E-state index is 13.2. The van der Waals surface area contributed by atoms with Crippen LogP contribution in [0, 0.1) is 46.8 Å². The standard InChI is InChI=1S/C13H12F2O4S.C12H18F2O4S.C10H7F5O6S.C5H3F9O4S/c14-13(15,20(16,17)18)9-19-8-10-5-6-11-3-1-2-4-12(11)7-10;13-12(14,19(15,16)17)7-18-11-4-8-1-9(5-11)3-10(2-8)6-11;11-5-6(12)8(14)10(9(15)7(5)13)21-2-1-20-4(16)3-22(17,18)19;6-2(7,1-19(15,16)17)18-5(13,14)3(8,9)4(10,11)12/h1-7H,8-9H2,(H,16,17,18);8-10H,1-7H2,(H,15,16,17);1-3H2,(H,17,18,19);1H2,(H,15,16,17)/p-4. The van der Waals surface area contributed by atoms with Gasteiger partial charge in [0.25, 0.3) is 0 Å². The van der Waals surface area contributed by atoms with Crippen molar-refractivity contribution in [2.24, 2.45) is 17.8 Å². The normalized spacial score (nSPS) is 19.9. The molecule has 0 saturated heterocycles. The first-order valence-corrected chi connectivity index (χ1v) is 27.3. The van der Waals surface area contributed by atoms with Crippen molar-refractivity contribution in [1.82, 2.24) is 0 Å². The highest BCUT2D eigenvalue weighted by atomic mass is 32.2. The van der Waals surface area contributed by atoms with E-state index >= 15 is 0 Å². The second-order valence-corrected chi connectivity index (χ2v) is 23.3. The summed E-state index contributed by atoms with van der Waals surface area (Å²) in [7, 11) is -22.1. The van der Waals surface area contributed by atoms with E-state index in [9.17, 15) is 136 Å². The zero-order valence-electron chi connectivity index (χ0n) is 39.3. The molecule has 7 rings (SSSR count). The van der Waals surface area contributed by atoms with E-state index in [1.807, 2.05) is 29.0 Å².